The molecule has 4 nitrogen and oxygen atoms in total. The molecule has 1 aliphatic heterocycles. The Bertz CT molecular complexity index is 721. The fourth-order valence-corrected chi connectivity index (χ4v) is 3.06. The molecule has 1 amide bonds. The Morgan fingerprint density at radius 3 is 2.72 bits per heavy atom. The SMILES string of the molecule is O=C(CCN1CCNCC1c1cccc(F)c1)Nc1ccc(F)cc1. The van der Waals surface area contributed by atoms with E-state index in [2.05, 4.69) is 15.5 Å². The van der Waals surface area contributed by atoms with Crippen molar-refractivity contribution in [2.45, 2.75) is 12.5 Å². The zero-order valence-corrected chi connectivity index (χ0v) is 13.8. The van der Waals surface area contributed by atoms with Crippen LogP contribution in [0.1, 0.15) is 18.0 Å². The van der Waals surface area contributed by atoms with Crippen LogP contribution in [-0.2, 0) is 4.79 Å². The van der Waals surface area contributed by atoms with Crippen LogP contribution < -0.4 is 10.6 Å². The minimum atomic E-state index is -0.336. The quantitative estimate of drug-likeness (QED) is 0.876. The first-order valence-electron chi connectivity index (χ1n) is 8.37. The molecule has 6 heteroatoms. The first-order chi connectivity index (χ1) is 12.1. The number of carbonyl (C=O) groups excluding carboxylic acids is 1. The van der Waals surface area contributed by atoms with E-state index < -0.39 is 0 Å². The summed E-state index contributed by atoms with van der Waals surface area (Å²) in [5.41, 5.74) is 1.49. The number of hydrogen-bond donors (Lipinski definition) is 2. The van der Waals surface area contributed by atoms with Gasteiger partial charge in [0, 0.05) is 44.3 Å². The largest absolute Gasteiger partial charge is 0.326 e. The van der Waals surface area contributed by atoms with Gasteiger partial charge in [0.05, 0.1) is 0 Å². The molecular weight excluding hydrogens is 324 g/mol. The lowest BCUT2D eigenvalue weighted by Gasteiger charge is -2.36. The summed E-state index contributed by atoms with van der Waals surface area (Å²) in [6.45, 7) is 2.94. The van der Waals surface area contributed by atoms with Gasteiger partial charge in [0.15, 0.2) is 0 Å². The molecule has 0 bridgehead atoms. The monoisotopic (exact) mass is 345 g/mol. The van der Waals surface area contributed by atoms with E-state index in [0.29, 0.717) is 18.7 Å². The molecule has 25 heavy (non-hydrogen) atoms. The van der Waals surface area contributed by atoms with E-state index in [1.165, 1.54) is 30.3 Å². The highest BCUT2D eigenvalue weighted by molar-refractivity contribution is 5.90. The maximum Gasteiger partial charge on any atom is 0.225 e. The van der Waals surface area contributed by atoms with Gasteiger partial charge >= 0.3 is 0 Å². The molecule has 0 aromatic heterocycles. The van der Waals surface area contributed by atoms with Gasteiger partial charge in [-0.05, 0) is 42.0 Å². The van der Waals surface area contributed by atoms with Gasteiger partial charge in [0.1, 0.15) is 11.6 Å². The van der Waals surface area contributed by atoms with Crippen molar-refractivity contribution in [3.8, 4) is 0 Å². The second-order valence-electron chi connectivity index (χ2n) is 6.12. The molecule has 2 aromatic rings. The first kappa shape index (κ1) is 17.5. The summed E-state index contributed by atoms with van der Waals surface area (Å²) in [6, 6.07) is 12.3. The third kappa shape index (κ3) is 4.84. The Morgan fingerprint density at radius 2 is 1.96 bits per heavy atom. The fraction of sp³-hybridized carbons (Fsp3) is 0.316. The number of hydrogen-bond acceptors (Lipinski definition) is 3. The Morgan fingerprint density at radius 1 is 1.16 bits per heavy atom. The van der Waals surface area contributed by atoms with Gasteiger partial charge < -0.3 is 10.6 Å². The number of benzene rings is 2. The molecule has 0 radical (unpaired) electrons. The third-order valence-electron chi connectivity index (χ3n) is 4.34. The van der Waals surface area contributed by atoms with Gasteiger partial charge in [0.2, 0.25) is 5.91 Å². The fourth-order valence-electron chi connectivity index (χ4n) is 3.06. The minimum Gasteiger partial charge on any atom is -0.326 e. The molecule has 1 saturated heterocycles. The highest BCUT2D eigenvalue weighted by Gasteiger charge is 2.24. The van der Waals surface area contributed by atoms with Crippen molar-refractivity contribution in [2.75, 3.05) is 31.5 Å². The summed E-state index contributed by atoms with van der Waals surface area (Å²) < 4.78 is 26.4. The Hall–Kier alpha value is -2.31. The molecule has 1 fully saturated rings. The second-order valence-corrected chi connectivity index (χ2v) is 6.12. The van der Waals surface area contributed by atoms with Gasteiger partial charge in [-0.15, -0.1) is 0 Å². The van der Waals surface area contributed by atoms with E-state index in [1.54, 1.807) is 12.1 Å². The highest BCUT2D eigenvalue weighted by Crippen LogP contribution is 2.23. The molecule has 132 valence electrons. The number of piperazine rings is 1. The van der Waals surface area contributed by atoms with Crippen molar-refractivity contribution >= 4 is 11.6 Å². The van der Waals surface area contributed by atoms with Crippen LogP contribution in [-0.4, -0.2) is 37.0 Å². The van der Waals surface area contributed by atoms with Gasteiger partial charge in [-0.3, -0.25) is 9.69 Å². The van der Waals surface area contributed by atoms with Crippen molar-refractivity contribution in [3.63, 3.8) is 0 Å². The van der Waals surface area contributed by atoms with Crippen molar-refractivity contribution in [3.05, 3.63) is 65.7 Å². The van der Waals surface area contributed by atoms with Crippen LogP contribution in [0.2, 0.25) is 0 Å². The van der Waals surface area contributed by atoms with E-state index in [0.717, 1.165) is 25.2 Å². The molecular formula is C19H21F2N3O. The lowest BCUT2D eigenvalue weighted by Crippen LogP contribution is -2.46. The molecule has 1 aliphatic rings. The molecule has 3 rings (SSSR count). The highest BCUT2D eigenvalue weighted by atomic mass is 19.1. The predicted octanol–water partition coefficient (Wildman–Crippen LogP) is 2.94. The summed E-state index contributed by atoms with van der Waals surface area (Å²) in [6.07, 6.45) is 0.323. The van der Waals surface area contributed by atoms with E-state index in [1.807, 2.05) is 6.07 Å². The summed E-state index contributed by atoms with van der Waals surface area (Å²) in [5.74, 6) is -0.711. The Kier molecular flexibility index (Phi) is 5.73. The van der Waals surface area contributed by atoms with E-state index in [4.69, 9.17) is 0 Å². The topological polar surface area (TPSA) is 44.4 Å². The standard InChI is InChI=1S/C19H21F2N3O/c20-15-4-6-17(7-5-15)23-19(25)8-10-24-11-9-22-13-18(24)14-2-1-3-16(21)12-14/h1-7,12,18,22H,8-11,13H2,(H,23,25). The summed E-state index contributed by atoms with van der Waals surface area (Å²) in [5, 5.41) is 6.08. The van der Waals surface area contributed by atoms with E-state index in [-0.39, 0.29) is 23.6 Å². The van der Waals surface area contributed by atoms with Gasteiger partial charge in [-0.1, -0.05) is 12.1 Å². The van der Waals surface area contributed by atoms with Crippen LogP contribution in [0, 0.1) is 11.6 Å². The van der Waals surface area contributed by atoms with Crippen LogP contribution in [0.15, 0.2) is 48.5 Å². The number of carbonyl (C=O) groups is 1. The summed E-state index contributed by atoms with van der Waals surface area (Å²) >= 11 is 0. The molecule has 0 saturated carbocycles. The van der Waals surface area contributed by atoms with Gasteiger partial charge in [-0.25, -0.2) is 8.78 Å². The predicted molar refractivity (Wildman–Crippen MR) is 93.2 cm³/mol. The number of halogens is 2. The Balaban J connectivity index is 1.58. The molecule has 1 atom stereocenters. The average molecular weight is 345 g/mol. The summed E-state index contributed by atoms with van der Waals surface area (Å²) in [7, 11) is 0. The van der Waals surface area contributed by atoms with Gasteiger partial charge in [-0.2, -0.15) is 0 Å². The van der Waals surface area contributed by atoms with Crippen molar-refractivity contribution in [1.82, 2.24) is 10.2 Å². The third-order valence-corrected chi connectivity index (χ3v) is 4.34. The van der Waals surface area contributed by atoms with Crippen molar-refractivity contribution < 1.29 is 13.6 Å². The Labute approximate surface area is 145 Å². The molecule has 2 N–H and O–H groups in total. The first-order valence-corrected chi connectivity index (χ1v) is 8.37. The maximum absolute atomic E-state index is 13.5. The molecule has 2 aromatic carbocycles. The van der Waals surface area contributed by atoms with Crippen LogP contribution >= 0.6 is 0 Å². The molecule has 1 heterocycles. The van der Waals surface area contributed by atoms with Gasteiger partial charge in [0.25, 0.3) is 0 Å². The van der Waals surface area contributed by atoms with Crippen LogP contribution in [0.25, 0.3) is 0 Å². The number of amides is 1. The normalized spacial score (nSPS) is 18.1. The number of anilines is 1. The van der Waals surface area contributed by atoms with Crippen LogP contribution in [0.3, 0.4) is 0 Å². The van der Waals surface area contributed by atoms with Crippen LogP contribution in [0.4, 0.5) is 14.5 Å². The lowest BCUT2D eigenvalue weighted by molar-refractivity contribution is -0.116. The van der Waals surface area contributed by atoms with E-state index in [9.17, 15) is 13.6 Å². The average Bonchev–Trinajstić information content (AvgIpc) is 2.62. The molecule has 0 aliphatic carbocycles. The zero-order chi connectivity index (χ0) is 17.6. The second kappa shape index (κ2) is 8.18. The smallest absolute Gasteiger partial charge is 0.225 e. The lowest BCUT2D eigenvalue weighted by atomic mass is 10.0. The van der Waals surface area contributed by atoms with Crippen molar-refractivity contribution in [2.24, 2.45) is 0 Å². The number of nitrogens with one attached hydrogen (secondary N) is 2. The van der Waals surface area contributed by atoms with Crippen LogP contribution in [0.5, 0.6) is 0 Å². The number of nitrogens with zero attached hydrogens (tertiary/aromatic N) is 1. The van der Waals surface area contributed by atoms with Crippen molar-refractivity contribution in [1.29, 1.82) is 0 Å². The zero-order valence-electron chi connectivity index (χ0n) is 13.8. The number of rotatable bonds is 5. The molecule has 0 spiro atoms. The summed E-state index contributed by atoms with van der Waals surface area (Å²) in [4.78, 5) is 14.3. The maximum atomic E-state index is 13.5. The molecule has 1 unspecified atom stereocenters. The minimum absolute atomic E-state index is 0.0445. The van der Waals surface area contributed by atoms with E-state index >= 15 is 0 Å².